The molecule has 1 aromatic carbocycles. The van der Waals surface area contributed by atoms with Crippen molar-refractivity contribution in [1.29, 1.82) is 5.26 Å². The zero-order valence-electron chi connectivity index (χ0n) is 10.2. The van der Waals surface area contributed by atoms with Crippen LogP contribution in [0.1, 0.15) is 24.5 Å². The predicted molar refractivity (Wildman–Crippen MR) is 68.0 cm³/mol. The third kappa shape index (κ3) is 2.51. The monoisotopic (exact) mass is 242 g/mol. The Balaban J connectivity index is 2.15. The van der Waals surface area contributed by atoms with Crippen LogP contribution in [0.2, 0.25) is 0 Å². The van der Waals surface area contributed by atoms with Crippen LogP contribution in [0.5, 0.6) is 0 Å². The molecule has 0 radical (unpaired) electrons. The number of aromatic amines is 1. The Morgan fingerprint density at radius 2 is 2.33 bits per heavy atom. The average Bonchev–Trinajstić information content (AvgIpc) is 2.78. The SMILES string of the molecule is CCOC(=O)CCc1c[nH]c2cc(C#N)ccc12. The third-order valence-corrected chi connectivity index (χ3v) is 2.80. The summed E-state index contributed by atoms with van der Waals surface area (Å²) < 4.78 is 4.90. The maximum absolute atomic E-state index is 11.3. The van der Waals surface area contributed by atoms with Gasteiger partial charge in [-0.2, -0.15) is 5.26 Å². The molecular formula is C14H14N2O2. The highest BCUT2D eigenvalue weighted by molar-refractivity contribution is 5.84. The first-order valence-corrected chi connectivity index (χ1v) is 5.90. The number of hydrogen-bond donors (Lipinski definition) is 1. The second kappa shape index (κ2) is 5.37. The van der Waals surface area contributed by atoms with Crippen molar-refractivity contribution in [3.05, 3.63) is 35.5 Å². The smallest absolute Gasteiger partial charge is 0.306 e. The Labute approximate surface area is 105 Å². The highest BCUT2D eigenvalue weighted by Crippen LogP contribution is 2.20. The first-order chi connectivity index (χ1) is 8.74. The summed E-state index contributed by atoms with van der Waals surface area (Å²) in [4.78, 5) is 14.4. The van der Waals surface area contributed by atoms with Crippen molar-refractivity contribution in [3.8, 4) is 6.07 Å². The lowest BCUT2D eigenvalue weighted by Crippen LogP contribution is -2.04. The van der Waals surface area contributed by atoms with E-state index in [1.54, 1.807) is 13.0 Å². The molecule has 2 rings (SSSR count). The van der Waals surface area contributed by atoms with Crippen LogP contribution in [0.25, 0.3) is 10.9 Å². The molecule has 0 fully saturated rings. The fourth-order valence-electron chi connectivity index (χ4n) is 1.93. The summed E-state index contributed by atoms with van der Waals surface area (Å²) in [6, 6.07) is 7.60. The number of esters is 1. The van der Waals surface area contributed by atoms with Gasteiger partial charge in [0.25, 0.3) is 0 Å². The molecule has 0 spiro atoms. The van der Waals surface area contributed by atoms with Gasteiger partial charge < -0.3 is 9.72 Å². The van der Waals surface area contributed by atoms with E-state index in [9.17, 15) is 4.79 Å². The van der Waals surface area contributed by atoms with Crippen molar-refractivity contribution in [2.24, 2.45) is 0 Å². The van der Waals surface area contributed by atoms with Crippen molar-refractivity contribution in [3.63, 3.8) is 0 Å². The van der Waals surface area contributed by atoms with E-state index in [0.717, 1.165) is 16.5 Å². The van der Waals surface area contributed by atoms with Crippen molar-refractivity contribution in [2.45, 2.75) is 19.8 Å². The van der Waals surface area contributed by atoms with Gasteiger partial charge in [-0.15, -0.1) is 0 Å². The summed E-state index contributed by atoms with van der Waals surface area (Å²) in [5, 5.41) is 9.87. The molecule has 0 amide bonds. The van der Waals surface area contributed by atoms with E-state index in [0.29, 0.717) is 25.0 Å². The number of aromatic nitrogens is 1. The predicted octanol–water partition coefficient (Wildman–Crippen LogP) is 2.54. The van der Waals surface area contributed by atoms with E-state index in [1.807, 2.05) is 18.3 Å². The summed E-state index contributed by atoms with van der Waals surface area (Å²) in [6.07, 6.45) is 2.90. The van der Waals surface area contributed by atoms with Crippen LogP contribution in [-0.2, 0) is 16.0 Å². The standard InChI is InChI=1S/C14H14N2O2/c1-2-18-14(17)6-4-11-9-16-13-7-10(8-15)3-5-12(11)13/h3,5,7,9,16H,2,4,6H2,1H3. The minimum atomic E-state index is -0.180. The minimum Gasteiger partial charge on any atom is -0.466 e. The molecule has 4 nitrogen and oxygen atoms in total. The van der Waals surface area contributed by atoms with Gasteiger partial charge in [0, 0.05) is 23.5 Å². The number of carbonyl (C=O) groups excluding carboxylic acids is 1. The number of rotatable bonds is 4. The number of H-pyrrole nitrogens is 1. The number of nitrogens with one attached hydrogen (secondary N) is 1. The fraction of sp³-hybridized carbons (Fsp3) is 0.286. The largest absolute Gasteiger partial charge is 0.466 e. The fourth-order valence-corrected chi connectivity index (χ4v) is 1.93. The first kappa shape index (κ1) is 12.2. The Hall–Kier alpha value is -2.28. The maximum atomic E-state index is 11.3. The van der Waals surface area contributed by atoms with Crippen LogP contribution in [-0.4, -0.2) is 17.6 Å². The first-order valence-electron chi connectivity index (χ1n) is 5.90. The summed E-state index contributed by atoms with van der Waals surface area (Å²) in [6.45, 7) is 2.21. The molecule has 1 N–H and O–H groups in total. The van der Waals surface area contributed by atoms with Crippen LogP contribution < -0.4 is 0 Å². The summed E-state index contributed by atoms with van der Waals surface area (Å²) in [5.41, 5.74) is 2.62. The summed E-state index contributed by atoms with van der Waals surface area (Å²) >= 11 is 0. The van der Waals surface area contributed by atoms with Crippen molar-refractivity contribution in [2.75, 3.05) is 6.61 Å². The van der Waals surface area contributed by atoms with Gasteiger partial charge >= 0.3 is 5.97 Å². The van der Waals surface area contributed by atoms with Gasteiger partial charge in [-0.25, -0.2) is 0 Å². The molecule has 1 heterocycles. The molecule has 2 aromatic rings. The molecule has 0 bridgehead atoms. The third-order valence-electron chi connectivity index (χ3n) is 2.80. The molecule has 4 heteroatoms. The highest BCUT2D eigenvalue weighted by Gasteiger charge is 2.07. The number of ether oxygens (including phenoxy) is 1. The van der Waals surface area contributed by atoms with E-state index < -0.39 is 0 Å². The topological polar surface area (TPSA) is 65.9 Å². The van der Waals surface area contributed by atoms with E-state index in [4.69, 9.17) is 10.00 Å². The molecule has 92 valence electrons. The van der Waals surface area contributed by atoms with Crippen LogP contribution >= 0.6 is 0 Å². The quantitative estimate of drug-likeness (QED) is 0.838. The van der Waals surface area contributed by atoms with Gasteiger partial charge in [0.1, 0.15) is 0 Å². The van der Waals surface area contributed by atoms with Crippen molar-refractivity contribution in [1.82, 2.24) is 4.98 Å². The van der Waals surface area contributed by atoms with Gasteiger partial charge in [0.05, 0.1) is 18.2 Å². The molecule has 0 saturated carbocycles. The van der Waals surface area contributed by atoms with Gasteiger partial charge in [0.2, 0.25) is 0 Å². The van der Waals surface area contributed by atoms with Crippen LogP contribution in [0.4, 0.5) is 0 Å². The lowest BCUT2D eigenvalue weighted by atomic mass is 10.1. The zero-order valence-corrected chi connectivity index (χ0v) is 10.2. The van der Waals surface area contributed by atoms with E-state index >= 15 is 0 Å². The molecular weight excluding hydrogens is 228 g/mol. The number of nitrogens with zero attached hydrogens (tertiary/aromatic N) is 1. The van der Waals surface area contributed by atoms with Crippen LogP contribution in [0, 0.1) is 11.3 Å². The van der Waals surface area contributed by atoms with Gasteiger partial charge in [-0.3, -0.25) is 4.79 Å². The molecule has 1 aromatic heterocycles. The van der Waals surface area contributed by atoms with Crippen molar-refractivity contribution >= 4 is 16.9 Å². The van der Waals surface area contributed by atoms with Crippen molar-refractivity contribution < 1.29 is 9.53 Å². The summed E-state index contributed by atoms with van der Waals surface area (Å²) in [5.74, 6) is -0.180. The lowest BCUT2D eigenvalue weighted by Gasteiger charge is -2.01. The Morgan fingerprint density at radius 3 is 3.06 bits per heavy atom. The number of benzene rings is 1. The van der Waals surface area contributed by atoms with Gasteiger partial charge in [-0.1, -0.05) is 6.07 Å². The second-order valence-corrected chi connectivity index (χ2v) is 3.99. The Morgan fingerprint density at radius 1 is 1.50 bits per heavy atom. The average molecular weight is 242 g/mol. The molecule has 0 aliphatic carbocycles. The van der Waals surface area contributed by atoms with Crippen LogP contribution in [0.15, 0.2) is 24.4 Å². The molecule has 18 heavy (non-hydrogen) atoms. The second-order valence-electron chi connectivity index (χ2n) is 3.99. The van der Waals surface area contributed by atoms with E-state index in [2.05, 4.69) is 11.1 Å². The number of carbonyl (C=O) groups is 1. The molecule has 0 aliphatic heterocycles. The van der Waals surface area contributed by atoms with E-state index in [-0.39, 0.29) is 5.97 Å². The van der Waals surface area contributed by atoms with Gasteiger partial charge in [-0.05, 0) is 31.0 Å². The minimum absolute atomic E-state index is 0.180. The summed E-state index contributed by atoms with van der Waals surface area (Å²) in [7, 11) is 0. The molecule has 0 aliphatic rings. The Kier molecular flexibility index (Phi) is 3.63. The molecule has 0 saturated heterocycles. The van der Waals surface area contributed by atoms with E-state index in [1.165, 1.54) is 0 Å². The molecule has 0 unspecified atom stereocenters. The number of aryl methyl sites for hydroxylation is 1. The Bertz CT molecular complexity index is 608. The normalized spacial score (nSPS) is 10.2. The van der Waals surface area contributed by atoms with Gasteiger partial charge in [0.15, 0.2) is 0 Å². The molecule has 0 atom stereocenters. The number of nitriles is 1. The lowest BCUT2D eigenvalue weighted by molar-refractivity contribution is -0.143. The van der Waals surface area contributed by atoms with Crippen LogP contribution in [0.3, 0.4) is 0 Å². The number of hydrogen-bond acceptors (Lipinski definition) is 3. The number of fused-ring (bicyclic) bond motifs is 1. The highest BCUT2D eigenvalue weighted by atomic mass is 16.5. The zero-order chi connectivity index (χ0) is 13.0. The maximum Gasteiger partial charge on any atom is 0.306 e.